The molecule has 24 heavy (non-hydrogen) atoms. The van der Waals surface area contributed by atoms with Gasteiger partial charge in [-0.25, -0.2) is 0 Å². The molecule has 0 bridgehead atoms. The number of nitrogens with one attached hydrogen (secondary N) is 1. The van der Waals surface area contributed by atoms with Crippen LogP contribution in [0.3, 0.4) is 0 Å². The van der Waals surface area contributed by atoms with Gasteiger partial charge in [-0.1, -0.05) is 31.5 Å². The fourth-order valence-corrected chi connectivity index (χ4v) is 3.99. The van der Waals surface area contributed by atoms with Crippen LogP contribution in [-0.4, -0.2) is 32.5 Å². The predicted octanol–water partition coefficient (Wildman–Crippen LogP) is 3.86. The summed E-state index contributed by atoms with van der Waals surface area (Å²) in [6.07, 6.45) is 5.57. The number of amides is 1. The average molecular weight is 413 g/mol. The highest BCUT2D eigenvalue weighted by Gasteiger charge is 2.20. The van der Waals surface area contributed by atoms with Gasteiger partial charge in [-0.15, -0.1) is 10.2 Å². The number of carbonyl (C=O) groups excluding carboxylic acids is 1. The molecule has 1 saturated carbocycles. The summed E-state index contributed by atoms with van der Waals surface area (Å²) in [5.74, 6) is 1.80. The van der Waals surface area contributed by atoms with Gasteiger partial charge in [0.15, 0.2) is 15.6 Å². The Morgan fingerprint density at radius 2 is 2.21 bits per heavy atom. The van der Waals surface area contributed by atoms with E-state index in [2.05, 4.69) is 38.4 Å². The third-order valence-electron chi connectivity index (χ3n) is 4.01. The van der Waals surface area contributed by atoms with Crippen molar-refractivity contribution in [1.29, 1.82) is 0 Å². The number of hydrogen-bond acceptors (Lipinski definition) is 5. The summed E-state index contributed by atoms with van der Waals surface area (Å²) in [5, 5.41) is 12.3. The zero-order valence-corrected chi connectivity index (χ0v) is 16.0. The highest BCUT2D eigenvalue weighted by atomic mass is 79.9. The van der Waals surface area contributed by atoms with Gasteiger partial charge in [0.25, 0.3) is 0 Å². The van der Waals surface area contributed by atoms with Gasteiger partial charge in [-0.05, 0) is 47.3 Å². The van der Waals surface area contributed by atoms with E-state index in [1.54, 1.807) is 0 Å². The Morgan fingerprint density at radius 1 is 1.42 bits per heavy atom. The zero-order valence-electron chi connectivity index (χ0n) is 13.6. The van der Waals surface area contributed by atoms with Crippen LogP contribution in [0, 0.1) is 0 Å². The first-order valence-corrected chi connectivity index (χ1v) is 10.1. The Morgan fingerprint density at radius 3 is 2.88 bits per heavy atom. The van der Waals surface area contributed by atoms with E-state index in [1.807, 2.05) is 16.7 Å². The number of furan rings is 1. The van der Waals surface area contributed by atoms with E-state index in [4.69, 9.17) is 4.42 Å². The molecule has 1 aliphatic carbocycles. The number of rotatable bonds is 7. The minimum absolute atomic E-state index is 0.0697. The van der Waals surface area contributed by atoms with Crippen molar-refractivity contribution in [2.75, 3.05) is 5.75 Å². The van der Waals surface area contributed by atoms with Gasteiger partial charge in [0.2, 0.25) is 11.7 Å². The number of thioether (sulfide) groups is 1. The molecule has 0 atom stereocenters. The van der Waals surface area contributed by atoms with Crippen molar-refractivity contribution in [3.05, 3.63) is 16.8 Å². The molecule has 3 rings (SSSR count). The lowest BCUT2D eigenvalue weighted by atomic mass is 10.2. The number of nitrogens with zero attached hydrogens (tertiary/aromatic N) is 3. The van der Waals surface area contributed by atoms with Crippen LogP contribution in [0.1, 0.15) is 39.0 Å². The standard InChI is InChI=1S/C16H21BrN4O2S/c1-2-9-21-15(12-7-8-13(17)23-12)19-20-16(21)24-10-14(22)18-11-5-3-4-6-11/h7-8,11H,2-6,9-10H2,1H3,(H,18,22). The first-order chi connectivity index (χ1) is 11.7. The Hall–Kier alpha value is -1.28. The van der Waals surface area contributed by atoms with E-state index in [0.717, 1.165) is 31.0 Å². The minimum Gasteiger partial charge on any atom is -0.446 e. The Balaban J connectivity index is 1.66. The molecule has 0 radical (unpaired) electrons. The summed E-state index contributed by atoms with van der Waals surface area (Å²) in [5.41, 5.74) is 0. The van der Waals surface area contributed by atoms with E-state index in [-0.39, 0.29) is 5.91 Å². The van der Waals surface area contributed by atoms with Crippen molar-refractivity contribution in [3.8, 4) is 11.6 Å². The second-order valence-corrected chi connectivity index (χ2v) is 7.62. The molecule has 0 unspecified atom stereocenters. The maximum atomic E-state index is 12.1. The molecule has 0 spiro atoms. The van der Waals surface area contributed by atoms with Gasteiger partial charge in [0, 0.05) is 12.6 Å². The lowest BCUT2D eigenvalue weighted by molar-refractivity contribution is -0.119. The summed E-state index contributed by atoms with van der Waals surface area (Å²) in [6, 6.07) is 4.05. The highest BCUT2D eigenvalue weighted by molar-refractivity contribution is 9.10. The Kier molecular flexibility index (Phi) is 5.99. The van der Waals surface area contributed by atoms with Crippen LogP contribution in [-0.2, 0) is 11.3 Å². The minimum atomic E-state index is 0.0697. The summed E-state index contributed by atoms with van der Waals surface area (Å²) in [4.78, 5) is 12.1. The highest BCUT2D eigenvalue weighted by Crippen LogP contribution is 2.27. The Labute approximate surface area is 153 Å². The maximum absolute atomic E-state index is 12.1. The van der Waals surface area contributed by atoms with Crippen molar-refractivity contribution in [1.82, 2.24) is 20.1 Å². The van der Waals surface area contributed by atoms with Crippen LogP contribution >= 0.6 is 27.7 Å². The SMILES string of the molecule is CCCn1c(SCC(=O)NC2CCCC2)nnc1-c1ccc(Br)o1. The molecule has 1 N–H and O–H groups in total. The molecule has 2 aromatic heterocycles. The Bertz CT molecular complexity index is 694. The van der Waals surface area contributed by atoms with Crippen molar-refractivity contribution in [2.24, 2.45) is 0 Å². The summed E-state index contributed by atoms with van der Waals surface area (Å²) >= 11 is 4.73. The summed E-state index contributed by atoms with van der Waals surface area (Å²) in [7, 11) is 0. The van der Waals surface area contributed by atoms with E-state index in [9.17, 15) is 4.79 Å². The third-order valence-corrected chi connectivity index (χ3v) is 5.40. The molecule has 6 nitrogen and oxygen atoms in total. The normalized spacial score (nSPS) is 15.1. The van der Waals surface area contributed by atoms with Crippen LogP contribution in [0.5, 0.6) is 0 Å². The lowest BCUT2D eigenvalue weighted by Gasteiger charge is -2.11. The van der Waals surface area contributed by atoms with Crippen molar-refractivity contribution in [2.45, 2.75) is 56.8 Å². The van der Waals surface area contributed by atoms with Crippen LogP contribution < -0.4 is 5.32 Å². The van der Waals surface area contributed by atoms with Crippen molar-refractivity contribution in [3.63, 3.8) is 0 Å². The maximum Gasteiger partial charge on any atom is 0.230 e. The molecule has 8 heteroatoms. The van der Waals surface area contributed by atoms with Crippen LogP contribution in [0.25, 0.3) is 11.6 Å². The van der Waals surface area contributed by atoms with E-state index < -0.39 is 0 Å². The van der Waals surface area contributed by atoms with Gasteiger partial charge in [0.05, 0.1) is 5.75 Å². The number of hydrogen-bond donors (Lipinski definition) is 1. The first-order valence-electron chi connectivity index (χ1n) is 8.28. The van der Waals surface area contributed by atoms with Crippen LogP contribution in [0.15, 0.2) is 26.4 Å². The molecule has 0 aromatic carbocycles. The summed E-state index contributed by atoms with van der Waals surface area (Å²) < 4.78 is 8.26. The number of carbonyl (C=O) groups is 1. The van der Waals surface area contributed by atoms with E-state index in [1.165, 1.54) is 24.6 Å². The largest absolute Gasteiger partial charge is 0.446 e. The molecule has 1 amide bonds. The first kappa shape index (κ1) is 17.5. The lowest BCUT2D eigenvalue weighted by Crippen LogP contribution is -2.33. The molecule has 0 aliphatic heterocycles. The van der Waals surface area contributed by atoms with Gasteiger partial charge in [-0.3, -0.25) is 9.36 Å². The summed E-state index contributed by atoms with van der Waals surface area (Å²) in [6.45, 7) is 2.89. The number of aromatic nitrogens is 3. The molecule has 0 saturated heterocycles. The zero-order chi connectivity index (χ0) is 16.9. The fraction of sp³-hybridized carbons (Fsp3) is 0.562. The van der Waals surface area contributed by atoms with Crippen molar-refractivity contribution >= 4 is 33.6 Å². The number of halogens is 1. The molecular weight excluding hydrogens is 392 g/mol. The second kappa shape index (κ2) is 8.20. The molecule has 2 aromatic rings. The smallest absolute Gasteiger partial charge is 0.230 e. The van der Waals surface area contributed by atoms with Crippen LogP contribution in [0.2, 0.25) is 0 Å². The second-order valence-electron chi connectivity index (χ2n) is 5.90. The van der Waals surface area contributed by atoms with Gasteiger partial charge in [-0.2, -0.15) is 0 Å². The predicted molar refractivity (Wildman–Crippen MR) is 96.8 cm³/mol. The molecule has 1 aliphatic rings. The van der Waals surface area contributed by atoms with Gasteiger partial charge >= 0.3 is 0 Å². The monoisotopic (exact) mass is 412 g/mol. The van der Waals surface area contributed by atoms with Gasteiger partial charge in [0.1, 0.15) is 0 Å². The topological polar surface area (TPSA) is 73.0 Å². The van der Waals surface area contributed by atoms with E-state index in [0.29, 0.717) is 28.0 Å². The molecule has 1 fully saturated rings. The van der Waals surface area contributed by atoms with Gasteiger partial charge < -0.3 is 9.73 Å². The molecule has 130 valence electrons. The third kappa shape index (κ3) is 4.22. The average Bonchev–Trinajstić information content (AvgIpc) is 3.28. The molecular formula is C16H21BrN4O2S. The fourth-order valence-electron chi connectivity index (χ4n) is 2.91. The quantitative estimate of drug-likeness (QED) is 0.698. The van der Waals surface area contributed by atoms with Crippen LogP contribution in [0.4, 0.5) is 0 Å². The van der Waals surface area contributed by atoms with Crippen molar-refractivity contribution < 1.29 is 9.21 Å². The van der Waals surface area contributed by atoms with E-state index >= 15 is 0 Å². The molecule has 2 heterocycles.